The van der Waals surface area contributed by atoms with Gasteiger partial charge in [-0.2, -0.15) is 4.79 Å². The van der Waals surface area contributed by atoms with Crippen molar-refractivity contribution in [3.05, 3.63) is 18.4 Å². The topological polar surface area (TPSA) is 62.7 Å². The summed E-state index contributed by atoms with van der Waals surface area (Å²) in [6.07, 6.45) is 0.969. The molecule has 48 valence electrons. The van der Waals surface area contributed by atoms with Crippen LogP contribution in [0, 0.1) is 0 Å². The zero-order valence-corrected chi connectivity index (χ0v) is 5.00. The molecule has 0 N–H and O–H groups in total. The Kier molecular flexibility index (Phi) is 3.01. The molecule has 0 amide bonds. The number of carbonyl (C=O) groups excluding carboxylic acids is 1. The second kappa shape index (κ2) is 3.57. The summed E-state index contributed by atoms with van der Waals surface area (Å²) in [7, 11) is 0. The van der Waals surface area contributed by atoms with Gasteiger partial charge in [0.1, 0.15) is 0 Å². The van der Waals surface area contributed by atoms with E-state index in [4.69, 9.17) is 5.53 Å². The van der Waals surface area contributed by atoms with E-state index in [1.807, 2.05) is 0 Å². The van der Waals surface area contributed by atoms with Gasteiger partial charge in [0, 0.05) is 6.92 Å². The molecule has 0 aromatic rings. The van der Waals surface area contributed by atoms with Crippen molar-refractivity contribution < 1.29 is 14.3 Å². The summed E-state index contributed by atoms with van der Waals surface area (Å²) in [5, 5.41) is 0. The standard InChI is InChI=1S/C5H6N2O2/c1-3-9-5(8)4(2)7-6/h3H,1H2,2H3. The van der Waals surface area contributed by atoms with Crippen LogP contribution in [0.3, 0.4) is 0 Å². The van der Waals surface area contributed by atoms with Crippen LogP contribution in [0.1, 0.15) is 6.92 Å². The van der Waals surface area contributed by atoms with Gasteiger partial charge < -0.3 is 10.3 Å². The second-order valence-electron chi connectivity index (χ2n) is 1.26. The van der Waals surface area contributed by atoms with Crippen molar-refractivity contribution in [1.82, 2.24) is 0 Å². The van der Waals surface area contributed by atoms with Gasteiger partial charge in [0.2, 0.25) is 0 Å². The third kappa shape index (κ3) is 2.41. The van der Waals surface area contributed by atoms with E-state index in [0.717, 1.165) is 6.26 Å². The SMILES string of the molecule is C=COC(=O)C(C)=[N+]=[N-]. The minimum absolute atomic E-state index is 0.102. The Hall–Kier alpha value is -1.41. The number of rotatable bonds is 2. The average molecular weight is 126 g/mol. The lowest BCUT2D eigenvalue weighted by atomic mass is 10.4. The van der Waals surface area contributed by atoms with Crippen molar-refractivity contribution in [3.63, 3.8) is 0 Å². The van der Waals surface area contributed by atoms with E-state index in [1.165, 1.54) is 6.92 Å². The number of hydrogen-bond donors (Lipinski definition) is 0. The highest BCUT2D eigenvalue weighted by atomic mass is 16.5. The van der Waals surface area contributed by atoms with Crippen molar-refractivity contribution in [2.45, 2.75) is 6.92 Å². The van der Waals surface area contributed by atoms with E-state index in [2.05, 4.69) is 16.1 Å². The van der Waals surface area contributed by atoms with Gasteiger partial charge in [0.15, 0.2) is 0 Å². The Bertz CT molecular complexity index is 179. The molecule has 0 fully saturated rings. The van der Waals surface area contributed by atoms with Crippen LogP contribution in [-0.4, -0.2) is 16.5 Å². The van der Waals surface area contributed by atoms with Crippen molar-refractivity contribution in [2.24, 2.45) is 0 Å². The summed E-state index contributed by atoms with van der Waals surface area (Å²) in [4.78, 5) is 13.0. The van der Waals surface area contributed by atoms with Crippen LogP contribution in [0.2, 0.25) is 0 Å². The van der Waals surface area contributed by atoms with Gasteiger partial charge in [0.25, 0.3) is 0 Å². The number of hydrogen-bond acceptors (Lipinski definition) is 2. The molecule has 0 aromatic heterocycles. The minimum atomic E-state index is -0.701. The molecule has 0 aliphatic rings. The average Bonchev–Trinajstić information content (AvgIpc) is 1.87. The highest BCUT2D eigenvalue weighted by Crippen LogP contribution is 1.78. The molecular weight excluding hydrogens is 120 g/mol. The third-order valence-corrected chi connectivity index (χ3v) is 0.636. The summed E-state index contributed by atoms with van der Waals surface area (Å²) in [6, 6.07) is 0. The lowest BCUT2D eigenvalue weighted by molar-refractivity contribution is -0.135. The van der Waals surface area contributed by atoms with Crippen molar-refractivity contribution in [1.29, 1.82) is 0 Å². The van der Waals surface area contributed by atoms with Crippen LogP contribution in [0.4, 0.5) is 0 Å². The Labute approximate surface area is 52.4 Å². The maximum Gasteiger partial charge on any atom is 0.421 e. The van der Waals surface area contributed by atoms with Gasteiger partial charge in [-0.05, 0) is 0 Å². The Morgan fingerprint density at radius 3 is 2.78 bits per heavy atom. The molecule has 0 aromatic carbocycles. The van der Waals surface area contributed by atoms with Gasteiger partial charge in [-0.3, -0.25) is 0 Å². The summed E-state index contributed by atoms with van der Waals surface area (Å²) in [5.74, 6) is -0.701. The zero-order chi connectivity index (χ0) is 7.28. The predicted molar refractivity (Wildman–Crippen MR) is 30.6 cm³/mol. The second-order valence-corrected chi connectivity index (χ2v) is 1.26. The quantitative estimate of drug-likeness (QED) is 0.176. The Morgan fingerprint density at radius 1 is 1.89 bits per heavy atom. The molecule has 0 saturated heterocycles. The fourth-order valence-corrected chi connectivity index (χ4v) is 0.202. The van der Waals surface area contributed by atoms with Gasteiger partial charge in [-0.25, -0.2) is 4.79 Å². The van der Waals surface area contributed by atoms with Gasteiger partial charge >= 0.3 is 11.7 Å². The van der Waals surface area contributed by atoms with E-state index < -0.39 is 5.97 Å². The molecule has 4 nitrogen and oxygen atoms in total. The van der Waals surface area contributed by atoms with E-state index in [1.54, 1.807) is 0 Å². The molecule has 0 rings (SSSR count). The molecule has 9 heavy (non-hydrogen) atoms. The Balaban J connectivity index is 4.04. The smallest absolute Gasteiger partial charge is 0.421 e. The van der Waals surface area contributed by atoms with Gasteiger partial charge in [-0.15, -0.1) is 0 Å². The lowest BCUT2D eigenvalue weighted by Gasteiger charge is -1.85. The highest BCUT2D eigenvalue weighted by molar-refractivity contribution is 6.32. The van der Waals surface area contributed by atoms with Crippen molar-refractivity contribution in [3.8, 4) is 0 Å². The van der Waals surface area contributed by atoms with Gasteiger partial charge in [-0.1, -0.05) is 6.58 Å². The van der Waals surface area contributed by atoms with Gasteiger partial charge in [0.05, 0.1) is 6.26 Å². The molecule has 0 aliphatic carbocycles. The predicted octanol–water partition coefficient (Wildman–Crippen LogP) is 0.364. The van der Waals surface area contributed by atoms with Crippen molar-refractivity contribution in [2.75, 3.05) is 0 Å². The van der Waals surface area contributed by atoms with Crippen LogP contribution in [0.15, 0.2) is 12.8 Å². The number of carbonyl (C=O) groups is 1. The first kappa shape index (κ1) is 7.59. The van der Waals surface area contributed by atoms with Crippen molar-refractivity contribution >= 4 is 11.7 Å². The summed E-state index contributed by atoms with van der Waals surface area (Å²) >= 11 is 0. The zero-order valence-electron chi connectivity index (χ0n) is 5.00. The molecule has 0 spiro atoms. The largest absolute Gasteiger partial charge is 0.427 e. The summed E-state index contributed by atoms with van der Waals surface area (Å²) in [6.45, 7) is 4.46. The molecule has 0 unspecified atom stereocenters. The highest BCUT2D eigenvalue weighted by Gasteiger charge is 2.12. The third-order valence-electron chi connectivity index (χ3n) is 0.636. The van der Waals surface area contributed by atoms with E-state index in [-0.39, 0.29) is 5.71 Å². The number of ether oxygens (including phenoxy) is 1. The molecule has 0 bridgehead atoms. The first-order valence-electron chi connectivity index (χ1n) is 2.23. The first-order chi connectivity index (χ1) is 4.22. The van der Waals surface area contributed by atoms with Crippen LogP contribution >= 0.6 is 0 Å². The fourth-order valence-electron chi connectivity index (χ4n) is 0.202. The summed E-state index contributed by atoms with van der Waals surface area (Å²) < 4.78 is 4.23. The fraction of sp³-hybridized carbons (Fsp3) is 0.200. The molecule has 0 saturated carbocycles. The van der Waals surface area contributed by atoms with E-state index in [0.29, 0.717) is 0 Å². The molecule has 4 heteroatoms. The molecule has 0 atom stereocenters. The molecule has 0 aliphatic heterocycles. The number of esters is 1. The molecule has 0 radical (unpaired) electrons. The molecule has 0 heterocycles. The monoisotopic (exact) mass is 126 g/mol. The first-order valence-corrected chi connectivity index (χ1v) is 2.23. The van der Waals surface area contributed by atoms with Crippen LogP contribution in [0.25, 0.3) is 5.53 Å². The number of nitrogens with zero attached hydrogens (tertiary/aromatic N) is 2. The normalized spacial score (nSPS) is 7.22. The maximum absolute atomic E-state index is 10.4. The lowest BCUT2D eigenvalue weighted by Crippen LogP contribution is -2.11. The van der Waals surface area contributed by atoms with E-state index in [9.17, 15) is 4.79 Å². The van der Waals surface area contributed by atoms with Crippen LogP contribution < -0.4 is 0 Å². The maximum atomic E-state index is 10.4. The Morgan fingerprint density at radius 2 is 2.44 bits per heavy atom. The molecular formula is C5H6N2O2. The van der Waals surface area contributed by atoms with E-state index >= 15 is 0 Å². The van der Waals surface area contributed by atoms with Crippen LogP contribution in [-0.2, 0) is 9.53 Å². The van der Waals surface area contributed by atoms with Crippen LogP contribution in [0.5, 0.6) is 0 Å². The minimum Gasteiger partial charge on any atom is -0.427 e. The summed E-state index contributed by atoms with van der Waals surface area (Å²) in [5.41, 5.74) is 7.88.